The number of hydrogen-bond donors (Lipinski definition) is 1. The van der Waals surface area contributed by atoms with Crippen LogP contribution in [0.15, 0.2) is 42.4 Å². The first kappa shape index (κ1) is 17.0. The van der Waals surface area contributed by atoms with Crippen LogP contribution in [0, 0.1) is 5.82 Å². The molecule has 1 saturated heterocycles. The van der Waals surface area contributed by atoms with Crippen LogP contribution < -0.4 is 5.32 Å². The molecule has 0 amide bonds. The summed E-state index contributed by atoms with van der Waals surface area (Å²) < 4.78 is 25.4. The van der Waals surface area contributed by atoms with E-state index in [0.29, 0.717) is 10.7 Å². The highest BCUT2D eigenvalue weighted by atomic mass is 35.5. The Hall–Kier alpha value is -2.87. The first-order chi connectivity index (χ1) is 11.7. The van der Waals surface area contributed by atoms with Crippen LogP contribution in [0.2, 0.25) is 5.02 Å². The van der Waals surface area contributed by atoms with E-state index in [4.69, 9.17) is 21.1 Å². The second-order valence-corrected chi connectivity index (χ2v) is 6.09. The quantitative estimate of drug-likeness (QED) is 0.511. The van der Waals surface area contributed by atoms with Crippen molar-refractivity contribution in [2.24, 2.45) is 0 Å². The highest BCUT2D eigenvalue weighted by Crippen LogP contribution is 2.23. The lowest BCUT2D eigenvalue weighted by molar-refractivity contribution is -0.222. The molecule has 25 heavy (non-hydrogen) atoms. The molecule has 0 saturated carbocycles. The molecule has 1 fully saturated rings. The lowest BCUT2D eigenvalue weighted by atomic mass is 10.2. The fourth-order valence-corrected chi connectivity index (χ4v) is 2.29. The number of aromatic nitrogens is 2. The number of nitrogens with one attached hydrogen (secondary N) is 1. The highest BCUT2D eigenvalue weighted by molar-refractivity contribution is 6.30. The van der Waals surface area contributed by atoms with Gasteiger partial charge in [0, 0.05) is 31.9 Å². The maximum atomic E-state index is 14.2. The molecule has 3 rings (SSSR count). The van der Waals surface area contributed by atoms with Crippen LogP contribution in [0.1, 0.15) is 13.8 Å². The maximum Gasteiger partial charge on any atom is 0.350 e. The summed E-state index contributed by atoms with van der Waals surface area (Å²) in [5, 5.41) is 6.97. The van der Waals surface area contributed by atoms with E-state index in [1.807, 2.05) is 0 Å². The third-order valence-electron chi connectivity index (χ3n) is 3.25. The summed E-state index contributed by atoms with van der Waals surface area (Å²) in [4.78, 5) is 23.6. The fourth-order valence-electron chi connectivity index (χ4n) is 2.15. The first-order valence-electron chi connectivity index (χ1n) is 7.19. The van der Waals surface area contributed by atoms with Crippen molar-refractivity contribution in [3.8, 4) is 5.69 Å². The summed E-state index contributed by atoms with van der Waals surface area (Å²) in [6.07, 6.45) is 3.96. The standard InChI is InChI=1S/C16H13ClFN3O4/c1-16(2)24-14(22)11(15(23)25-16)7-19-10-3-4-13(12(18)5-10)21-8-9(17)6-20-21/h3-8,19H,1-2H3. The number of cyclic esters (lactones) is 2. The van der Waals surface area contributed by atoms with Crippen molar-refractivity contribution in [3.05, 3.63) is 53.2 Å². The molecule has 2 heterocycles. The third kappa shape index (κ3) is 3.63. The fraction of sp³-hybridized carbons (Fsp3) is 0.188. The van der Waals surface area contributed by atoms with E-state index in [-0.39, 0.29) is 11.3 Å². The van der Waals surface area contributed by atoms with Crippen molar-refractivity contribution in [1.82, 2.24) is 9.78 Å². The number of benzene rings is 1. The minimum Gasteiger partial charge on any atom is -0.419 e. The Morgan fingerprint density at radius 3 is 2.52 bits per heavy atom. The lowest BCUT2D eigenvalue weighted by Crippen LogP contribution is -2.42. The van der Waals surface area contributed by atoms with Crippen molar-refractivity contribution in [2.75, 3.05) is 5.32 Å². The monoisotopic (exact) mass is 365 g/mol. The molecule has 1 aliphatic rings. The second kappa shape index (κ2) is 6.21. The van der Waals surface area contributed by atoms with Gasteiger partial charge in [-0.05, 0) is 18.2 Å². The predicted octanol–water partition coefficient (Wildman–Crippen LogP) is 2.80. The molecular weight excluding hydrogens is 353 g/mol. The zero-order valence-electron chi connectivity index (χ0n) is 13.2. The Kier molecular flexibility index (Phi) is 4.22. The van der Waals surface area contributed by atoms with Crippen LogP contribution in [0.5, 0.6) is 0 Å². The van der Waals surface area contributed by atoms with Gasteiger partial charge in [0.15, 0.2) is 11.4 Å². The Balaban J connectivity index is 1.79. The van der Waals surface area contributed by atoms with Crippen molar-refractivity contribution in [1.29, 1.82) is 0 Å². The SMILES string of the molecule is CC1(C)OC(=O)C(=CNc2ccc(-n3cc(Cl)cn3)c(F)c2)C(=O)O1. The Bertz CT molecular complexity index is 869. The van der Waals surface area contributed by atoms with Gasteiger partial charge in [-0.25, -0.2) is 18.7 Å². The molecule has 1 aromatic carbocycles. The van der Waals surface area contributed by atoms with Crippen molar-refractivity contribution >= 4 is 29.2 Å². The van der Waals surface area contributed by atoms with E-state index in [9.17, 15) is 14.0 Å². The molecule has 2 aromatic rings. The summed E-state index contributed by atoms with van der Waals surface area (Å²) in [7, 11) is 0. The normalized spacial score (nSPS) is 16.2. The third-order valence-corrected chi connectivity index (χ3v) is 3.44. The predicted molar refractivity (Wildman–Crippen MR) is 86.5 cm³/mol. The van der Waals surface area contributed by atoms with Gasteiger partial charge in [-0.3, -0.25) is 0 Å². The van der Waals surface area contributed by atoms with E-state index < -0.39 is 23.5 Å². The summed E-state index contributed by atoms with van der Waals surface area (Å²) >= 11 is 5.76. The molecule has 9 heteroatoms. The number of carbonyl (C=O) groups excluding carboxylic acids is 2. The zero-order chi connectivity index (χ0) is 18.2. The second-order valence-electron chi connectivity index (χ2n) is 5.65. The van der Waals surface area contributed by atoms with Gasteiger partial charge >= 0.3 is 11.9 Å². The van der Waals surface area contributed by atoms with Gasteiger partial charge in [0.25, 0.3) is 5.79 Å². The topological polar surface area (TPSA) is 82.5 Å². The molecule has 0 bridgehead atoms. The Morgan fingerprint density at radius 1 is 1.28 bits per heavy atom. The average Bonchev–Trinajstić information content (AvgIpc) is 2.91. The van der Waals surface area contributed by atoms with Gasteiger partial charge in [-0.1, -0.05) is 11.6 Å². The molecule has 1 aromatic heterocycles. The average molecular weight is 366 g/mol. The van der Waals surface area contributed by atoms with Crippen molar-refractivity contribution in [3.63, 3.8) is 0 Å². The molecule has 7 nitrogen and oxygen atoms in total. The Morgan fingerprint density at radius 2 is 1.96 bits per heavy atom. The van der Waals surface area contributed by atoms with Crippen LogP contribution in [0.25, 0.3) is 5.69 Å². The van der Waals surface area contributed by atoms with Crippen molar-refractivity contribution < 1.29 is 23.5 Å². The summed E-state index contributed by atoms with van der Waals surface area (Å²) in [6, 6.07) is 4.21. The van der Waals surface area contributed by atoms with Crippen LogP contribution in [0.3, 0.4) is 0 Å². The minimum atomic E-state index is -1.32. The molecule has 0 spiro atoms. The molecular formula is C16H13ClFN3O4. The molecule has 0 radical (unpaired) electrons. The molecule has 0 atom stereocenters. The van der Waals surface area contributed by atoms with E-state index in [1.165, 1.54) is 43.1 Å². The Labute approximate surface area is 147 Å². The van der Waals surface area contributed by atoms with E-state index >= 15 is 0 Å². The zero-order valence-corrected chi connectivity index (χ0v) is 14.0. The highest BCUT2D eigenvalue weighted by Gasteiger charge is 2.38. The molecule has 130 valence electrons. The van der Waals surface area contributed by atoms with Gasteiger partial charge in [0.2, 0.25) is 0 Å². The number of esters is 2. The maximum absolute atomic E-state index is 14.2. The van der Waals surface area contributed by atoms with Gasteiger partial charge in [-0.15, -0.1) is 0 Å². The molecule has 0 aliphatic carbocycles. The molecule has 1 aliphatic heterocycles. The summed E-state index contributed by atoms with van der Waals surface area (Å²) in [5.74, 6) is -3.53. The van der Waals surface area contributed by atoms with Crippen LogP contribution >= 0.6 is 11.6 Å². The number of rotatable bonds is 3. The van der Waals surface area contributed by atoms with Gasteiger partial charge in [-0.2, -0.15) is 5.10 Å². The molecule has 0 unspecified atom stereocenters. The number of anilines is 1. The van der Waals surface area contributed by atoms with E-state index in [1.54, 1.807) is 6.07 Å². The van der Waals surface area contributed by atoms with Gasteiger partial charge in [0.1, 0.15) is 5.69 Å². The molecule has 1 N–H and O–H groups in total. The number of nitrogens with zero attached hydrogens (tertiary/aromatic N) is 2. The van der Waals surface area contributed by atoms with E-state index in [0.717, 1.165) is 6.20 Å². The van der Waals surface area contributed by atoms with Crippen LogP contribution in [0.4, 0.5) is 10.1 Å². The number of halogens is 2. The summed E-state index contributed by atoms with van der Waals surface area (Å²) in [5.41, 5.74) is 0.198. The largest absolute Gasteiger partial charge is 0.419 e. The smallest absolute Gasteiger partial charge is 0.350 e. The van der Waals surface area contributed by atoms with Crippen LogP contribution in [-0.4, -0.2) is 27.5 Å². The van der Waals surface area contributed by atoms with Crippen molar-refractivity contribution in [2.45, 2.75) is 19.6 Å². The first-order valence-corrected chi connectivity index (χ1v) is 7.56. The van der Waals surface area contributed by atoms with Gasteiger partial charge in [0.05, 0.1) is 11.2 Å². The summed E-state index contributed by atoms with van der Waals surface area (Å²) in [6.45, 7) is 2.89. The number of ether oxygens (including phenoxy) is 2. The minimum absolute atomic E-state index is 0.198. The van der Waals surface area contributed by atoms with Crippen LogP contribution in [-0.2, 0) is 19.1 Å². The van der Waals surface area contributed by atoms with Gasteiger partial charge < -0.3 is 14.8 Å². The van der Waals surface area contributed by atoms with E-state index in [2.05, 4.69) is 10.4 Å². The number of carbonyl (C=O) groups is 2. The number of hydrogen-bond acceptors (Lipinski definition) is 6. The lowest BCUT2D eigenvalue weighted by Gasteiger charge is -2.29.